The van der Waals surface area contributed by atoms with E-state index in [0.717, 1.165) is 24.1 Å². The summed E-state index contributed by atoms with van der Waals surface area (Å²) in [6.07, 6.45) is -3.78. The predicted molar refractivity (Wildman–Crippen MR) is 131 cm³/mol. The zero-order valence-electron chi connectivity index (χ0n) is 19.3. The Morgan fingerprint density at radius 3 is 2.31 bits per heavy atom. The highest BCUT2D eigenvalue weighted by molar-refractivity contribution is 6.30. The highest BCUT2D eigenvalue weighted by Crippen LogP contribution is 2.38. The van der Waals surface area contributed by atoms with Gasteiger partial charge in [0.15, 0.2) is 0 Å². The van der Waals surface area contributed by atoms with Gasteiger partial charge in [-0.15, -0.1) is 0 Å². The predicted octanol–water partition coefficient (Wildman–Crippen LogP) is 5.80. The van der Waals surface area contributed by atoms with Gasteiger partial charge in [0.1, 0.15) is 0 Å². The third-order valence-corrected chi connectivity index (χ3v) is 7.35. The molecule has 186 valence electrons. The molecule has 2 aliphatic rings. The number of hydrogen-bond acceptors (Lipinski definition) is 2. The van der Waals surface area contributed by atoms with Crippen LogP contribution in [0.25, 0.3) is 0 Å². The summed E-state index contributed by atoms with van der Waals surface area (Å²) in [5, 5.41) is 0.494. The van der Waals surface area contributed by atoms with Gasteiger partial charge in [0, 0.05) is 42.7 Å². The van der Waals surface area contributed by atoms with Crippen molar-refractivity contribution in [2.75, 3.05) is 19.6 Å². The number of benzene rings is 3. The minimum Gasteiger partial charge on any atom is -0.338 e. The number of nitrogens with zero attached hydrogens (tertiary/aromatic N) is 2. The summed E-state index contributed by atoms with van der Waals surface area (Å²) < 4.78 is 40.4. The van der Waals surface area contributed by atoms with Gasteiger partial charge >= 0.3 is 6.18 Å². The van der Waals surface area contributed by atoms with Crippen LogP contribution in [0.3, 0.4) is 0 Å². The molecule has 5 rings (SSSR count). The molecule has 0 bridgehead atoms. The van der Waals surface area contributed by atoms with Crippen molar-refractivity contribution in [2.45, 2.75) is 25.1 Å². The van der Waals surface area contributed by atoms with Crippen LogP contribution in [0.1, 0.15) is 38.5 Å². The molecular weight excluding hydrogens is 489 g/mol. The van der Waals surface area contributed by atoms with Crippen LogP contribution < -0.4 is 0 Å². The Morgan fingerprint density at radius 1 is 0.861 bits per heavy atom. The van der Waals surface area contributed by atoms with Crippen LogP contribution in [0.15, 0.2) is 72.8 Å². The lowest BCUT2D eigenvalue weighted by Crippen LogP contribution is -2.42. The number of amides is 2. The van der Waals surface area contributed by atoms with Crippen LogP contribution in [-0.2, 0) is 23.9 Å². The maximum atomic E-state index is 13.8. The van der Waals surface area contributed by atoms with Gasteiger partial charge in [-0.05, 0) is 53.4 Å². The van der Waals surface area contributed by atoms with E-state index >= 15 is 0 Å². The summed E-state index contributed by atoms with van der Waals surface area (Å²) in [5.41, 5.74) is 2.33. The normalized spacial score (nSPS) is 19.8. The van der Waals surface area contributed by atoms with Gasteiger partial charge in [0.2, 0.25) is 5.91 Å². The van der Waals surface area contributed by atoms with Crippen molar-refractivity contribution >= 4 is 23.4 Å². The SMILES string of the molecule is O=C(c1ccc(Cl)cc1)N1C[C@@H](C(=O)N2CCc3ccccc3C2)[C@H](c2cccc(C(F)(F)F)c2)C1. The Bertz CT molecular complexity index is 1290. The number of hydrogen-bond donors (Lipinski definition) is 0. The van der Waals surface area contributed by atoms with Crippen LogP contribution in [0.2, 0.25) is 5.02 Å². The molecule has 3 aromatic carbocycles. The Kier molecular flexibility index (Phi) is 6.51. The van der Waals surface area contributed by atoms with Crippen molar-refractivity contribution in [3.05, 3.63) is 106 Å². The summed E-state index contributed by atoms with van der Waals surface area (Å²) in [7, 11) is 0. The molecule has 0 N–H and O–H groups in total. The second-order valence-electron chi connectivity index (χ2n) is 9.33. The second-order valence-corrected chi connectivity index (χ2v) is 9.77. The molecule has 2 amide bonds. The molecule has 0 unspecified atom stereocenters. The summed E-state index contributed by atoms with van der Waals surface area (Å²) in [6, 6.07) is 19.5. The van der Waals surface area contributed by atoms with Crippen molar-refractivity contribution in [1.82, 2.24) is 9.80 Å². The molecule has 2 atom stereocenters. The van der Waals surface area contributed by atoms with Crippen molar-refractivity contribution in [2.24, 2.45) is 5.92 Å². The molecule has 0 saturated carbocycles. The first-order valence-electron chi connectivity index (χ1n) is 11.8. The zero-order chi connectivity index (χ0) is 25.4. The standard InChI is InChI=1S/C28H24ClF3N2O2/c29-23-10-8-19(9-11-23)26(35)34-16-24(20-6-3-7-22(14-20)28(30,31)32)25(17-34)27(36)33-13-12-18-4-1-2-5-21(18)15-33/h1-11,14,24-25H,12-13,15-17H2/t24-,25+/m0/s1. The molecule has 2 aliphatic heterocycles. The van der Waals surface area contributed by atoms with E-state index in [-0.39, 0.29) is 24.9 Å². The van der Waals surface area contributed by atoms with E-state index in [1.54, 1.807) is 40.1 Å². The number of alkyl halides is 3. The first kappa shape index (κ1) is 24.4. The molecule has 3 aromatic rings. The number of rotatable bonds is 3. The number of halogens is 4. The summed E-state index contributed by atoms with van der Waals surface area (Å²) in [5.74, 6) is -1.61. The third kappa shape index (κ3) is 4.85. The Balaban J connectivity index is 1.45. The maximum absolute atomic E-state index is 13.8. The number of likely N-dealkylation sites (tertiary alicyclic amines) is 1. The van der Waals surface area contributed by atoms with Crippen molar-refractivity contribution in [1.29, 1.82) is 0 Å². The molecule has 36 heavy (non-hydrogen) atoms. The van der Waals surface area contributed by atoms with Crippen LogP contribution in [-0.4, -0.2) is 41.2 Å². The second kappa shape index (κ2) is 9.62. The lowest BCUT2D eigenvalue weighted by molar-refractivity contribution is -0.137. The quantitative estimate of drug-likeness (QED) is 0.445. The van der Waals surface area contributed by atoms with Gasteiger partial charge in [0.05, 0.1) is 11.5 Å². The van der Waals surface area contributed by atoms with Gasteiger partial charge in [-0.2, -0.15) is 13.2 Å². The van der Waals surface area contributed by atoms with Crippen molar-refractivity contribution in [3.63, 3.8) is 0 Å². The first-order chi connectivity index (χ1) is 17.2. The molecule has 8 heteroatoms. The maximum Gasteiger partial charge on any atom is 0.416 e. The average Bonchev–Trinajstić information content (AvgIpc) is 3.33. The molecule has 1 fully saturated rings. The fourth-order valence-corrected chi connectivity index (χ4v) is 5.32. The average molecular weight is 513 g/mol. The van der Waals surface area contributed by atoms with Crippen molar-refractivity contribution in [3.8, 4) is 0 Å². The molecule has 0 radical (unpaired) electrons. The van der Waals surface area contributed by atoms with E-state index in [0.29, 0.717) is 29.2 Å². The van der Waals surface area contributed by atoms with Crippen LogP contribution in [0, 0.1) is 5.92 Å². The molecule has 1 saturated heterocycles. The van der Waals surface area contributed by atoms with Crippen LogP contribution in [0.4, 0.5) is 13.2 Å². The number of fused-ring (bicyclic) bond motifs is 1. The van der Waals surface area contributed by atoms with E-state index in [1.807, 2.05) is 24.3 Å². The highest BCUT2D eigenvalue weighted by Gasteiger charge is 2.43. The molecule has 0 spiro atoms. The zero-order valence-corrected chi connectivity index (χ0v) is 20.1. The van der Waals surface area contributed by atoms with Gasteiger partial charge in [-0.3, -0.25) is 9.59 Å². The topological polar surface area (TPSA) is 40.6 Å². The Labute approximate surface area is 212 Å². The summed E-state index contributed by atoms with van der Waals surface area (Å²) >= 11 is 5.95. The number of carbonyl (C=O) groups excluding carboxylic acids is 2. The lowest BCUT2D eigenvalue weighted by atomic mass is 9.86. The largest absolute Gasteiger partial charge is 0.416 e. The molecule has 2 heterocycles. The first-order valence-corrected chi connectivity index (χ1v) is 12.2. The van der Waals surface area contributed by atoms with Crippen LogP contribution in [0.5, 0.6) is 0 Å². The Morgan fingerprint density at radius 2 is 1.58 bits per heavy atom. The van der Waals surface area contributed by atoms with E-state index in [1.165, 1.54) is 11.6 Å². The van der Waals surface area contributed by atoms with Gasteiger partial charge in [-0.25, -0.2) is 0 Å². The third-order valence-electron chi connectivity index (χ3n) is 7.10. The number of carbonyl (C=O) groups is 2. The monoisotopic (exact) mass is 512 g/mol. The Hall–Kier alpha value is -3.32. The van der Waals surface area contributed by atoms with E-state index in [9.17, 15) is 22.8 Å². The molecule has 0 aromatic heterocycles. The minimum atomic E-state index is -4.50. The molecule has 0 aliphatic carbocycles. The highest BCUT2D eigenvalue weighted by atomic mass is 35.5. The van der Waals surface area contributed by atoms with Crippen LogP contribution >= 0.6 is 11.6 Å². The van der Waals surface area contributed by atoms with Crippen molar-refractivity contribution < 1.29 is 22.8 Å². The molecule has 4 nitrogen and oxygen atoms in total. The molecular formula is C28H24ClF3N2O2. The fraction of sp³-hybridized carbons (Fsp3) is 0.286. The fourth-order valence-electron chi connectivity index (χ4n) is 5.20. The van der Waals surface area contributed by atoms with E-state index < -0.39 is 23.6 Å². The minimum absolute atomic E-state index is 0.138. The summed E-state index contributed by atoms with van der Waals surface area (Å²) in [6.45, 7) is 1.28. The van der Waals surface area contributed by atoms with E-state index in [4.69, 9.17) is 11.6 Å². The lowest BCUT2D eigenvalue weighted by Gasteiger charge is -2.32. The smallest absolute Gasteiger partial charge is 0.338 e. The van der Waals surface area contributed by atoms with Gasteiger partial charge in [0.25, 0.3) is 5.91 Å². The van der Waals surface area contributed by atoms with Gasteiger partial charge in [-0.1, -0.05) is 54.1 Å². The van der Waals surface area contributed by atoms with E-state index in [2.05, 4.69) is 0 Å². The summed E-state index contributed by atoms with van der Waals surface area (Å²) in [4.78, 5) is 30.4. The van der Waals surface area contributed by atoms with Gasteiger partial charge < -0.3 is 9.80 Å².